The van der Waals surface area contributed by atoms with Crippen molar-refractivity contribution >= 4 is 23.6 Å². The number of benzene rings is 1. The van der Waals surface area contributed by atoms with E-state index in [0.717, 1.165) is 10.5 Å². The maximum Gasteiger partial charge on any atom is 0.326 e. The maximum atomic E-state index is 12.0. The van der Waals surface area contributed by atoms with Crippen LogP contribution in [0.1, 0.15) is 12.0 Å². The zero-order chi connectivity index (χ0) is 14.7. The molecule has 0 unspecified atom stereocenters. The number of nitrogens with one attached hydrogen (secondary N) is 1. The number of carbonyl (C=O) groups excluding carboxylic acids is 1. The molecule has 0 radical (unpaired) electrons. The van der Waals surface area contributed by atoms with Crippen LogP contribution in [-0.2, 0) is 11.3 Å². The number of hydrogen-bond acceptors (Lipinski definition) is 3. The van der Waals surface area contributed by atoms with Crippen LogP contribution >= 0.6 is 11.6 Å². The highest BCUT2D eigenvalue weighted by molar-refractivity contribution is 6.31. The van der Waals surface area contributed by atoms with Crippen LogP contribution in [0, 0.1) is 0 Å². The van der Waals surface area contributed by atoms with Crippen LogP contribution in [0.5, 0.6) is 0 Å². The van der Waals surface area contributed by atoms with Crippen molar-refractivity contribution < 1.29 is 19.8 Å². The van der Waals surface area contributed by atoms with Gasteiger partial charge >= 0.3 is 12.0 Å². The maximum absolute atomic E-state index is 12.0. The van der Waals surface area contributed by atoms with Gasteiger partial charge in [-0.25, -0.2) is 9.59 Å². The van der Waals surface area contributed by atoms with Crippen LogP contribution in [0.25, 0.3) is 0 Å². The predicted octanol–water partition coefficient (Wildman–Crippen LogP) is 1.07. The molecule has 0 bridgehead atoms. The predicted molar refractivity (Wildman–Crippen MR) is 72.4 cm³/mol. The second kappa shape index (κ2) is 6.11. The Kier molecular flexibility index (Phi) is 4.46. The summed E-state index contributed by atoms with van der Waals surface area (Å²) in [5, 5.41) is 21.7. The number of carbonyl (C=O) groups is 2. The number of likely N-dealkylation sites (tertiary alicyclic amines) is 1. The van der Waals surface area contributed by atoms with E-state index in [1.807, 2.05) is 0 Å². The second-order valence-electron chi connectivity index (χ2n) is 4.65. The number of carboxylic acid groups (broad SMARTS) is 1. The molecule has 2 atom stereocenters. The molecule has 0 saturated carbocycles. The highest BCUT2D eigenvalue weighted by Crippen LogP contribution is 2.19. The molecule has 20 heavy (non-hydrogen) atoms. The molecule has 2 rings (SSSR count). The van der Waals surface area contributed by atoms with Gasteiger partial charge in [-0.1, -0.05) is 29.8 Å². The van der Waals surface area contributed by atoms with E-state index in [1.54, 1.807) is 24.3 Å². The number of aliphatic carboxylic acids is 1. The van der Waals surface area contributed by atoms with E-state index >= 15 is 0 Å². The van der Waals surface area contributed by atoms with E-state index in [0.29, 0.717) is 5.02 Å². The van der Waals surface area contributed by atoms with Crippen molar-refractivity contribution in [2.45, 2.75) is 25.1 Å². The molecule has 7 heteroatoms. The average molecular weight is 299 g/mol. The smallest absolute Gasteiger partial charge is 0.326 e. The molecular formula is C13H15ClN2O4. The van der Waals surface area contributed by atoms with E-state index in [-0.39, 0.29) is 19.5 Å². The first-order valence-corrected chi connectivity index (χ1v) is 6.55. The van der Waals surface area contributed by atoms with Gasteiger partial charge in [-0.3, -0.25) is 0 Å². The zero-order valence-corrected chi connectivity index (χ0v) is 11.4. The highest BCUT2D eigenvalue weighted by atomic mass is 35.5. The van der Waals surface area contributed by atoms with Crippen LogP contribution in [0.2, 0.25) is 5.02 Å². The van der Waals surface area contributed by atoms with Crippen molar-refractivity contribution in [2.75, 3.05) is 6.54 Å². The quantitative estimate of drug-likeness (QED) is 0.778. The van der Waals surface area contributed by atoms with Gasteiger partial charge in [0.1, 0.15) is 6.04 Å². The largest absolute Gasteiger partial charge is 0.480 e. The Morgan fingerprint density at radius 2 is 2.10 bits per heavy atom. The lowest BCUT2D eigenvalue weighted by atomic mass is 10.2. The van der Waals surface area contributed by atoms with Crippen molar-refractivity contribution in [3.8, 4) is 0 Å². The van der Waals surface area contributed by atoms with Crippen LogP contribution < -0.4 is 5.32 Å². The number of aliphatic hydroxyl groups is 1. The van der Waals surface area contributed by atoms with Gasteiger partial charge < -0.3 is 20.4 Å². The fourth-order valence-corrected chi connectivity index (χ4v) is 2.39. The molecule has 1 fully saturated rings. The average Bonchev–Trinajstić information content (AvgIpc) is 2.80. The third-order valence-corrected chi connectivity index (χ3v) is 3.58. The lowest BCUT2D eigenvalue weighted by molar-refractivity contribution is -0.141. The molecule has 2 amide bonds. The van der Waals surface area contributed by atoms with Gasteiger partial charge in [-0.15, -0.1) is 0 Å². The number of nitrogens with zero attached hydrogens (tertiary/aromatic N) is 1. The SMILES string of the molecule is O=C(O)[C@@H]1C[C@H](O)CN1C(=O)NCc1ccccc1Cl. The molecule has 3 N–H and O–H groups in total. The van der Waals surface area contributed by atoms with Gasteiger partial charge in [0.25, 0.3) is 0 Å². The first-order chi connectivity index (χ1) is 9.49. The molecule has 1 aliphatic rings. The number of rotatable bonds is 3. The van der Waals surface area contributed by atoms with Crippen LogP contribution in [0.4, 0.5) is 4.79 Å². The summed E-state index contributed by atoms with van der Waals surface area (Å²) in [5.74, 6) is -1.12. The third kappa shape index (κ3) is 3.20. The summed E-state index contributed by atoms with van der Waals surface area (Å²) in [5.41, 5.74) is 0.745. The number of hydrogen-bond donors (Lipinski definition) is 3. The van der Waals surface area contributed by atoms with Crippen molar-refractivity contribution in [3.05, 3.63) is 34.9 Å². The Bertz CT molecular complexity index is 523. The van der Waals surface area contributed by atoms with Crippen LogP contribution in [0.3, 0.4) is 0 Å². The summed E-state index contributed by atoms with van der Waals surface area (Å²) < 4.78 is 0. The lowest BCUT2D eigenvalue weighted by Crippen LogP contribution is -2.45. The van der Waals surface area contributed by atoms with Crippen molar-refractivity contribution in [2.24, 2.45) is 0 Å². The monoisotopic (exact) mass is 298 g/mol. The standard InChI is InChI=1S/C13H15ClN2O4/c14-10-4-2-1-3-8(10)6-15-13(20)16-7-9(17)5-11(16)12(18)19/h1-4,9,11,17H,5-7H2,(H,15,20)(H,18,19)/t9-,11-/m0/s1. The highest BCUT2D eigenvalue weighted by Gasteiger charge is 2.38. The van der Waals surface area contributed by atoms with E-state index in [9.17, 15) is 14.7 Å². The van der Waals surface area contributed by atoms with Crippen molar-refractivity contribution in [1.29, 1.82) is 0 Å². The fourth-order valence-electron chi connectivity index (χ4n) is 2.19. The minimum atomic E-state index is -1.12. The molecule has 0 aromatic heterocycles. The number of urea groups is 1. The second-order valence-corrected chi connectivity index (χ2v) is 5.05. The van der Waals surface area contributed by atoms with E-state index in [4.69, 9.17) is 16.7 Å². The minimum Gasteiger partial charge on any atom is -0.480 e. The van der Waals surface area contributed by atoms with Crippen molar-refractivity contribution in [3.63, 3.8) is 0 Å². The number of β-amino-alcohol motifs (C(OH)–C–C–N with tert-alkyl or cyclic N) is 1. The van der Waals surface area contributed by atoms with Gasteiger partial charge in [0.15, 0.2) is 0 Å². The Labute approximate surface area is 121 Å². The zero-order valence-electron chi connectivity index (χ0n) is 10.6. The fraction of sp³-hybridized carbons (Fsp3) is 0.385. The topological polar surface area (TPSA) is 89.9 Å². The molecule has 0 spiro atoms. The van der Waals surface area contributed by atoms with Crippen LogP contribution in [-0.4, -0.2) is 45.8 Å². The number of carboxylic acids is 1. The Hall–Kier alpha value is -1.79. The first kappa shape index (κ1) is 14.6. The molecule has 1 aliphatic heterocycles. The molecule has 1 aromatic rings. The van der Waals surface area contributed by atoms with Gasteiger partial charge in [-0.05, 0) is 11.6 Å². The molecule has 0 aliphatic carbocycles. The Morgan fingerprint density at radius 3 is 2.75 bits per heavy atom. The first-order valence-electron chi connectivity index (χ1n) is 6.17. The normalized spacial score (nSPS) is 21.8. The summed E-state index contributed by atoms with van der Waals surface area (Å²) in [4.78, 5) is 24.2. The summed E-state index contributed by atoms with van der Waals surface area (Å²) in [6.45, 7) is 0.225. The molecule has 1 saturated heterocycles. The molecule has 1 aromatic carbocycles. The van der Waals surface area contributed by atoms with Gasteiger partial charge in [0.05, 0.1) is 6.10 Å². The third-order valence-electron chi connectivity index (χ3n) is 3.21. The summed E-state index contributed by atoms with van der Waals surface area (Å²) in [6, 6.07) is 5.56. The lowest BCUT2D eigenvalue weighted by Gasteiger charge is -2.21. The van der Waals surface area contributed by atoms with E-state index in [2.05, 4.69) is 5.32 Å². The molecule has 1 heterocycles. The van der Waals surface area contributed by atoms with Gasteiger partial charge in [0.2, 0.25) is 0 Å². The van der Waals surface area contributed by atoms with Crippen molar-refractivity contribution in [1.82, 2.24) is 10.2 Å². The van der Waals surface area contributed by atoms with Gasteiger partial charge in [-0.2, -0.15) is 0 Å². The number of amides is 2. The summed E-state index contributed by atoms with van der Waals surface area (Å²) >= 11 is 5.97. The van der Waals surface area contributed by atoms with E-state index < -0.39 is 24.1 Å². The Balaban J connectivity index is 1.98. The molecule has 108 valence electrons. The molecular weight excluding hydrogens is 284 g/mol. The van der Waals surface area contributed by atoms with Gasteiger partial charge in [0, 0.05) is 24.5 Å². The number of halogens is 1. The number of aliphatic hydroxyl groups excluding tert-OH is 1. The summed E-state index contributed by atoms with van der Waals surface area (Å²) in [6.07, 6.45) is -0.753. The minimum absolute atomic E-state index is 0.0192. The van der Waals surface area contributed by atoms with E-state index in [1.165, 1.54) is 0 Å². The molecule has 6 nitrogen and oxygen atoms in total. The Morgan fingerprint density at radius 1 is 1.40 bits per heavy atom. The summed E-state index contributed by atoms with van der Waals surface area (Å²) in [7, 11) is 0. The van der Waals surface area contributed by atoms with Crippen LogP contribution in [0.15, 0.2) is 24.3 Å².